The summed E-state index contributed by atoms with van der Waals surface area (Å²) in [5, 5.41) is 9.11. The Kier molecular flexibility index (Phi) is 5.49. The normalized spacial score (nSPS) is 21.5. The van der Waals surface area contributed by atoms with E-state index in [0.717, 1.165) is 38.0 Å². The van der Waals surface area contributed by atoms with E-state index in [9.17, 15) is 4.79 Å². The van der Waals surface area contributed by atoms with Gasteiger partial charge in [0.15, 0.2) is 0 Å². The van der Waals surface area contributed by atoms with Crippen LogP contribution in [0, 0.1) is 25.7 Å². The average Bonchev–Trinajstić information content (AvgIpc) is 3.22. The lowest BCUT2D eigenvalue weighted by Crippen LogP contribution is -2.08. The van der Waals surface area contributed by atoms with Gasteiger partial charge in [0.25, 0.3) is 0 Å². The maximum atomic E-state index is 11.1. The van der Waals surface area contributed by atoms with E-state index < -0.39 is 5.97 Å². The Morgan fingerprint density at radius 1 is 1.36 bits per heavy atom. The molecule has 1 aliphatic rings. The van der Waals surface area contributed by atoms with Gasteiger partial charge in [-0.25, -0.2) is 0 Å². The number of carboxylic acid groups (broad SMARTS) is 1. The predicted octanol–water partition coefficient (Wildman–Crippen LogP) is 4.70. The first-order valence-electron chi connectivity index (χ1n) is 8.44. The van der Waals surface area contributed by atoms with Gasteiger partial charge >= 0.3 is 5.97 Å². The van der Waals surface area contributed by atoms with Crippen LogP contribution in [0.4, 0.5) is 0 Å². The molecule has 1 N–H and O–H groups in total. The Morgan fingerprint density at radius 3 is 2.64 bits per heavy atom. The maximum absolute atomic E-state index is 11.1. The number of ether oxygens (including phenoxy) is 1. The molecule has 1 aliphatic carbocycles. The number of hydrogen-bond acceptors (Lipinski definition) is 2. The molecule has 1 fully saturated rings. The first kappa shape index (κ1) is 16.9. The molecule has 122 valence electrons. The minimum absolute atomic E-state index is 0.125. The second-order valence-corrected chi connectivity index (χ2v) is 6.63. The molecule has 1 aromatic rings. The zero-order valence-electron chi connectivity index (χ0n) is 14.2. The zero-order valence-corrected chi connectivity index (χ0v) is 14.2. The zero-order chi connectivity index (χ0) is 16.3. The summed E-state index contributed by atoms with van der Waals surface area (Å²) in [6.07, 6.45) is 3.81. The third kappa shape index (κ3) is 3.82. The van der Waals surface area contributed by atoms with Crippen molar-refractivity contribution in [3.05, 3.63) is 28.8 Å². The maximum Gasteiger partial charge on any atom is 0.306 e. The van der Waals surface area contributed by atoms with Crippen molar-refractivity contribution in [3.63, 3.8) is 0 Å². The molecule has 22 heavy (non-hydrogen) atoms. The molecule has 0 radical (unpaired) electrons. The van der Waals surface area contributed by atoms with Crippen molar-refractivity contribution in [2.75, 3.05) is 6.61 Å². The fourth-order valence-electron chi connectivity index (χ4n) is 3.38. The highest BCUT2D eigenvalue weighted by Gasteiger charge is 2.44. The molecule has 3 nitrogen and oxygen atoms in total. The van der Waals surface area contributed by atoms with Crippen LogP contribution < -0.4 is 4.74 Å². The van der Waals surface area contributed by atoms with Gasteiger partial charge in [0.05, 0.1) is 12.5 Å². The van der Waals surface area contributed by atoms with Crippen LogP contribution in [0.2, 0.25) is 0 Å². The van der Waals surface area contributed by atoms with Crippen molar-refractivity contribution in [1.82, 2.24) is 0 Å². The van der Waals surface area contributed by atoms with Crippen LogP contribution in [-0.4, -0.2) is 17.7 Å². The molecule has 3 atom stereocenters. The number of carboxylic acids is 1. The van der Waals surface area contributed by atoms with Crippen molar-refractivity contribution < 1.29 is 14.6 Å². The largest absolute Gasteiger partial charge is 0.493 e. The van der Waals surface area contributed by atoms with Crippen molar-refractivity contribution in [3.8, 4) is 5.75 Å². The quantitative estimate of drug-likeness (QED) is 0.757. The lowest BCUT2D eigenvalue weighted by Gasteiger charge is -2.22. The second kappa shape index (κ2) is 7.17. The standard InChI is InChI=1S/C19H28O3/c1-5-7-22-18-13(4)8-12(3)9-16(18)14(6-2)10-15-11-17(15)19(20)21/h8-9,14-15,17H,5-7,10-11H2,1-4H3,(H,20,21). The van der Waals surface area contributed by atoms with Gasteiger partial charge in [0, 0.05) is 0 Å². The van der Waals surface area contributed by atoms with Crippen molar-refractivity contribution in [1.29, 1.82) is 0 Å². The molecular formula is C19H28O3. The lowest BCUT2D eigenvalue weighted by molar-refractivity contribution is -0.138. The lowest BCUT2D eigenvalue weighted by atomic mass is 9.87. The van der Waals surface area contributed by atoms with Crippen molar-refractivity contribution in [2.45, 2.75) is 59.3 Å². The van der Waals surface area contributed by atoms with Crippen molar-refractivity contribution >= 4 is 5.97 Å². The van der Waals surface area contributed by atoms with Gasteiger partial charge < -0.3 is 9.84 Å². The molecule has 3 unspecified atom stereocenters. The third-order valence-electron chi connectivity index (χ3n) is 4.66. The molecule has 0 spiro atoms. The van der Waals surface area contributed by atoms with E-state index in [2.05, 4.69) is 39.8 Å². The molecule has 3 heteroatoms. The molecular weight excluding hydrogens is 276 g/mol. The summed E-state index contributed by atoms with van der Waals surface area (Å²) >= 11 is 0. The van der Waals surface area contributed by atoms with Crippen LogP contribution in [-0.2, 0) is 4.79 Å². The summed E-state index contributed by atoms with van der Waals surface area (Å²) in [5.41, 5.74) is 3.71. The van der Waals surface area contributed by atoms with Crippen LogP contribution in [0.3, 0.4) is 0 Å². The van der Waals surface area contributed by atoms with E-state index in [1.54, 1.807) is 0 Å². The van der Waals surface area contributed by atoms with Crippen LogP contribution in [0.15, 0.2) is 12.1 Å². The number of aliphatic carboxylic acids is 1. The number of rotatable bonds is 8. The fraction of sp³-hybridized carbons (Fsp3) is 0.632. The van der Waals surface area contributed by atoms with Gasteiger partial charge in [-0.1, -0.05) is 31.5 Å². The van der Waals surface area contributed by atoms with Gasteiger partial charge in [0.2, 0.25) is 0 Å². The van der Waals surface area contributed by atoms with E-state index >= 15 is 0 Å². The van der Waals surface area contributed by atoms with Crippen molar-refractivity contribution in [2.24, 2.45) is 11.8 Å². The molecule has 0 heterocycles. The second-order valence-electron chi connectivity index (χ2n) is 6.63. The molecule has 0 aromatic heterocycles. The number of carbonyl (C=O) groups is 1. The summed E-state index contributed by atoms with van der Waals surface area (Å²) in [7, 11) is 0. The molecule has 0 aliphatic heterocycles. The third-order valence-corrected chi connectivity index (χ3v) is 4.66. The summed E-state index contributed by atoms with van der Waals surface area (Å²) in [6.45, 7) is 9.25. The van der Waals surface area contributed by atoms with Crippen LogP contribution in [0.25, 0.3) is 0 Å². The fourth-order valence-corrected chi connectivity index (χ4v) is 3.38. The molecule has 0 saturated heterocycles. The molecule has 0 amide bonds. The summed E-state index contributed by atoms with van der Waals surface area (Å²) < 4.78 is 6.01. The molecule has 2 rings (SSSR count). The Hall–Kier alpha value is -1.51. The number of aryl methyl sites for hydroxylation is 2. The van der Waals surface area contributed by atoms with Gasteiger partial charge in [-0.2, -0.15) is 0 Å². The average molecular weight is 304 g/mol. The van der Waals surface area contributed by atoms with Gasteiger partial charge in [-0.3, -0.25) is 4.79 Å². The smallest absolute Gasteiger partial charge is 0.306 e. The van der Waals surface area contributed by atoms with E-state index in [-0.39, 0.29) is 5.92 Å². The topological polar surface area (TPSA) is 46.5 Å². The predicted molar refractivity (Wildman–Crippen MR) is 88.6 cm³/mol. The van der Waals surface area contributed by atoms with Crippen LogP contribution >= 0.6 is 0 Å². The highest BCUT2D eigenvalue weighted by atomic mass is 16.5. The monoisotopic (exact) mass is 304 g/mol. The SMILES string of the molecule is CCCOc1c(C)cc(C)cc1C(CC)CC1CC1C(=O)O. The Balaban J connectivity index is 2.21. The van der Waals surface area contributed by atoms with Crippen LogP contribution in [0.5, 0.6) is 5.75 Å². The van der Waals surface area contributed by atoms with Gasteiger partial charge in [-0.15, -0.1) is 0 Å². The number of hydrogen-bond donors (Lipinski definition) is 1. The Labute approximate surface area is 133 Å². The highest BCUT2D eigenvalue weighted by molar-refractivity contribution is 5.73. The minimum atomic E-state index is -0.636. The Morgan fingerprint density at radius 2 is 2.09 bits per heavy atom. The summed E-state index contributed by atoms with van der Waals surface area (Å²) in [4.78, 5) is 11.1. The summed E-state index contributed by atoms with van der Waals surface area (Å²) in [5.74, 6) is 0.983. The highest BCUT2D eigenvalue weighted by Crippen LogP contribution is 2.47. The van der Waals surface area contributed by atoms with Gasteiger partial charge in [-0.05, 0) is 62.5 Å². The van der Waals surface area contributed by atoms with Crippen LogP contribution in [0.1, 0.15) is 62.1 Å². The minimum Gasteiger partial charge on any atom is -0.493 e. The van der Waals surface area contributed by atoms with Gasteiger partial charge in [0.1, 0.15) is 5.75 Å². The molecule has 1 saturated carbocycles. The van der Waals surface area contributed by atoms with E-state index in [1.807, 2.05) is 0 Å². The first-order valence-corrected chi connectivity index (χ1v) is 8.44. The first-order chi connectivity index (χ1) is 10.5. The molecule has 1 aromatic carbocycles. The summed E-state index contributed by atoms with van der Waals surface area (Å²) in [6, 6.07) is 4.39. The van der Waals surface area contributed by atoms with E-state index in [4.69, 9.17) is 9.84 Å². The number of benzene rings is 1. The molecule has 0 bridgehead atoms. The van der Waals surface area contributed by atoms with E-state index in [0.29, 0.717) is 11.8 Å². The van der Waals surface area contributed by atoms with E-state index in [1.165, 1.54) is 16.7 Å². The Bertz CT molecular complexity index is 536.